The summed E-state index contributed by atoms with van der Waals surface area (Å²) in [5.74, 6) is -2.99. The van der Waals surface area contributed by atoms with Crippen molar-refractivity contribution in [3.63, 3.8) is 0 Å². The molecule has 1 atom stereocenters. The summed E-state index contributed by atoms with van der Waals surface area (Å²) in [6, 6.07) is 0. The van der Waals surface area contributed by atoms with Crippen molar-refractivity contribution in [2.45, 2.75) is 232 Å². The van der Waals surface area contributed by atoms with Gasteiger partial charge in [-0.25, -0.2) is 4.79 Å². The third kappa shape index (κ3) is 61.3. The van der Waals surface area contributed by atoms with Crippen molar-refractivity contribution < 1.29 is 34.8 Å². The van der Waals surface area contributed by atoms with Gasteiger partial charge in [0, 0.05) is 11.9 Å². The summed E-state index contributed by atoms with van der Waals surface area (Å²) in [7, 11) is 0. The molecule has 0 heterocycles. The van der Waals surface area contributed by atoms with Crippen molar-refractivity contribution in [2.24, 2.45) is 0 Å². The molecule has 1 unspecified atom stereocenters. The monoisotopic (exact) mass is 697 g/mol. The van der Waals surface area contributed by atoms with E-state index in [0.717, 1.165) is 25.7 Å². The summed E-state index contributed by atoms with van der Waals surface area (Å²) in [6.07, 6.45) is 38.5. The first-order chi connectivity index (χ1) is 22.2. The Hall–Kier alpha value is -0.370. The first-order valence-corrected chi connectivity index (χ1v) is 19.5. The van der Waals surface area contributed by atoms with E-state index in [1.807, 2.05) is 0 Å². The van der Waals surface area contributed by atoms with Crippen molar-refractivity contribution in [1.29, 1.82) is 0 Å². The first kappa shape index (κ1) is 53.4. The van der Waals surface area contributed by atoms with Gasteiger partial charge in [0.15, 0.2) is 0 Å². The minimum absolute atomic E-state index is 0. The Morgan fingerprint density at radius 1 is 0.426 bits per heavy atom. The van der Waals surface area contributed by atoms with E-state index in [9.17, 15) is 24.6 Å². The second-order valence-corrected chi connectivity index (χ2v) is 13.2. The Morgan fingerprint density at radius 2 is 0.574 bits per heavy atom. The van der Waals surface area contributed by atoms with Crippen molar-refractivity contribution in [2.75, 3.05) is 0 Å². The molecule has 276 valence electrons. The van der Waals surface area contributed by atoms with Crippen LogP contribution in [-0.4, -0.2) is 72.0 Å². The molecular formula is C39H76CaO7. The van der Waals surface area contributed by atoms with E-state index >= 15 is 0 Å². The summed E-state index contributed by atoms with van der Waals surface area (Å²) in [5.41, 5.74) is 0. The second-order valence-electron chi connectivity index (χ2n) is 13.2. The van der Waals surface area contributed by atoms with Crippen LogP contribution < -0.4 is 10.2 Å². The minimum atomic E-state index is -1.23. The topological polar surface area (TPSA) is 138 Å². The molecule has 0 saturated heterocycles. The molecule has 0 aromatic heterocycles. The largest absolute Gasteiger partial charge is 2.00 e. The van der Waals surface area contributed by atoms with Crippen LogP contribution in [0.5, 0.6) is 0 Å². The van der Waals surface area contributed by atoms with Gasteiger partial charge in [0.05, 0.1) is 0 Å². The number of carbonyl (C=O) groups excluding carboxylic acids is 2. The van der Waals surface area contributed by atoms with Crippen LogP contribution in [0.4, 0.5) is 0 Å². The summed E-state index contributed by atoms with van der Waals surface area (Å²) in [6.45, 7) is 5.73. The number of carbonyl (C=O) groups is 3. The molecule has 0 aliphatic rings. The molecule has 0 bridgehead atoms. The third-order valence-corrected chi connectivity index (χ3v) is 8.33. The van der Waals surface area contributed by atoms with Gasteiger partial charge in [-0.05, 0) is 32.6 Å². The van der Waals surface area contributed by atoms with Gasteiger partial charge in [0.1, 0.15) is 6.10 Å². The average Bonchev–Trinajstić information content (AvgIpc) is 3.01. The van der Waals surface area contributed by atoms with Crippen LogP contribution in [0.1, 0.15) is 226 Å². The number of carboxylic acid groups (broad SMARTS) is 3. The normalized spacial score (nSPS) is 11.0. The smallest absolute Gasteiger partial charge is 0.550 e. The zero-order valence-corrected chi connectivity index (χ0v) is 33.6. The SMILES string of the molecule is CC(O)C(=O)O.CCCCCCCCCCCCCCCCCC(=O)[O-].CCCCCCCCCCCCCCCCCC(=O)[O-].[Ca+2]. The predicted molar refractivity (Wildman–Crippen MR) is 194 cm³/mol. The fourth-order valence-corrected chi connectivity index (χ4v) is 5.28. The maximum absolute atomic E-state index is 10.2. The number of aliphatic carboxylic acids is 3. The van der Waals surface area contributed by atoms with Crippen LogP contribution in [0.3, 0.4) is 0 Å². The first-order valence-electron chi connectivity index (χ1n) is 19.5. The molecule has 8 heteroatoms. The van der Waals surface area contributed by atoms with Crippen molar-refractivity contribution in [1.82, 2.24) is 0 Å². The molecule has 0 radical (unpaired) electrons. The van der Waals surface area contributed by atoms with E-state index in [-0.39, 0.29) is 50.6 Å². The average molecular weight is 697 g/mol. The number of carboxylic acids is 3. The summed E-state index contributed by atoms with van der Waals surface area (Å²) in [4.78, 5) is 29.9. The number of hydrogen-bond acceptors (Lipinski definition) is 6. The van der Waals surface area contributed by atoms with Gasteiger partial charge in [-0.3, -0.25) is 0 Å². The quantitative estimate of drug-likeness (QED) is 0.0516. The van der Waals surface area contributed by atoms with E-state index in [0.29, 0.717) is 0 Å². The van der Waals surface area contributed by atoms with Crippen LogP contribution in [0.2, 0.25) is 0 Å². The standard InChI is InChI=1S/2C18H36O2.C3H6O3.Ca/c2*1-2-3-4-5-6-7-8-9-10-11-12-13-14-15-16-17-18(19)20;1-2(4)3(5)6;/h2*2-17H2,1H3,(H,19,20);2,4H,1H3,(H,5,6);/q;;;+2/p-2. The molecule has 0 aromatic carbocycles. The van der Waals surface area contributed by atoms with Gasteiger partial charge in [-0.1, -0.05) is 194 Å². The number of unbranched alkanes of at least 4 members (excludes halogenated alkanes) is 28. The summed E-state index contributed by atoms with van der Waals surface area (Å²) in [5, 5.41) is 36.2. The second kappa shape index (κ2) is 47.7. The fraction of sp³-hybridized carbons (Fsp3) is 0.923. The molecule has 47 heavy (non-hydrogen) atoms. The Balaban J connectivity index is -0.000000329. The Labute approximate surface area is 320 Å². The van der Waals surface area contributed by atoms with Crippen LogP contribution in [0.15, 0.2) is 0 Å². The Morgan fingerprint density at radius 3 is 0.702 bits per heavy atom. The van der Waals surface area contributed by atoms with Crippen molar-refractivity contribution in [3.05, 3.63) is 0 Å². The molecule has 0 aliphatic carbocycles. The molecule has 0 saturated carbocycles. The van der Waals surface area contributed by atoms with E-state index < -0.39 is 24.0 Å². The number of aliphatic hydroxyl groups excluding tert-OH is 1. The number of rotatable bonds is 33. The van der Waals surface area contributed by atoms with E-state index in [1.165, 1.54) is 174 Å². The van der Waals surface area contributed by atoms with Gasteiger partial charge < -0.3 is 30.0 Å². The van der Waals surface area contributed by atoms with Gasteiger partial charge in [0.2, 0.25) is 0 Å². The molecule has 0 aromatic rings. The molecule has 7 nitrogen and oxygen atoms in total. The van der Waals surface area contributed by atoms with E-state index in [2.05, 4.69) is 13.8 Å². The zero-order chi connectivity index (χ0) is 34.9. The maximum atomic E-state index is 10.2. The van der Waals surface area contributed by atoms with Gasteiger partial charge in [-0.2, -0.15) is 0 Å². The molecule has 0 rings (SSSR count). The van der Waals surface area contributed by atoms with E-state index in [4.69, 9.17) is 10.2 Å². The van der Waals surface area contributed by atoms with E-state index in [1.54, 1.807) is 0 Å². The number of hydrogen-bond donors (Lipinski definition) is 2. The predicted octanol–water partition coefficient (Wildman–Crippen LogP) is 9.07. The fourth-order valence-electron chi connectivity index (χ4n) is 5.28. The van der Waals surface area contributed by atoms with Gasteiger partial charge in [-0.15, -0.1) is 0 Å². The Bertz CT molecular complexity index is 584. The Kier molecular flexibility index (Phi) is 54.3. The molecule has 0 spiro atoms. The van der Waals surface area contributed by atoms with Crippen LogP contribution in [0.25, 0.3) is 0 Å². The molecular weight excluding hydrogens is 621 g/mol. The minimum Gasteiger partial charge on any atom is -0.550 e. The van der Waals surface area contributed by atoms with Crippen LogP contribution >= 0.6 is 0 Å². The summed E-state index contributed by atoms with van der Waals surface area (Å²) < 4.78 is 0. The van der Waals surface area contributed by atoms with Crippen LogP contribution in [0, 0.1) is 0 Å². The molecule has 2 N–H and O–H groups in total. The van der Waals surface area contributed by atoms with Gasteiger partial charge >= 0.3 is 43.7 Å². The number of aliphatic hydroxyl groups is 1. The molecule has 0 fully saturated rings. The molecule has 0 amide bonds. The van der Waals surface area contributed by atoms with Crippen LogP contribution in [-0.2, 0) is 14.4 Å². The summed E-state index contributed by atoms with van der Waals surface area (Å²) >= 11 is 0. The molecule has 0 aliphatic heterocycles. The zero-order valence-electron chi connectivity index (χ0n) is 31.3. The third-order valence-electron chi connectivity index (χ3n) is 8.33. The maximum Gasteiger partial charge on any atom is 2.00 e. The van der Waals surface area contributed by atoms with Crippen molar-refractivity contribution in [3.8, 4) is 0 Å². The van der Waals surface area contributed by atoms with Crippen molar-refractivity contribution >= 4 is 55.6 Å². The van der Waals surface area contributed by atoms with Gasteiger partial charge in [0.25, 0.3) is 0 Å².